The molecule has 1 atom stereocenters. The van der Waals surface area contributed by atoms with Crippen LogP contribution in [0.3, 0.4) is 0 Å². The Kier molecular flexibility index (Phi) is 6.19. The minimum atomic E-state index is 0.138. The Morgan fingerprint density at radius 3 is 3.00 bits per heavy atom. The topological polar surface area (TPSA) is 38.3 Å². The number of nitrogens with one attached hydrogen (secondary N) is 1. The van der Waals surface area contributed by atoms with Crippen molar-refractivity contribution in [3.8, 4) is 0 Å². The Balaban J connectivity index is 2.03. The lowest BCUT2D eigenvalue weighted by Gasteiger charge is -2.22. The minimum absolute atomic E-state index is 0.138. The maximum atomic E-state index is 11.3. The maximum absolute atomic E-state index is 11.3. The predicted octanol–water partition coefficient (Wildman–Crippen LogP) is 1.85. The van der Waals surface area contributed by atoms with Crippen LogP contribution in [0.4, 0.5) is 0 Å². The molecule has 0 aromatic carbocycles. The number of amides is 1. The molecule has 0 bridgehead atoms. The number of carbonyl (C=O) groups excluding carboxylic acids is 1. The summed E-state index contributed by atoms with van der Waals surface area (Å²) < 4.78 is 5.54. The molecule has 82 valence electrons. The molecule has 1 heterocycles. The third-order valence-corrected chi connectivity index (χ3v) is 2.78. The quantitative estimate of drug-likeness (QED) is 0.769. The fourth-order valence-electron chi connectivity index (χ4n) is 1.60. The molecule has 0 saturated carbocycles. The van der Waals surface area contributed by atoms with E-state index in [9.17, 15) is 4.79 Å². The summed E-state index contributed by atoms with van der Waals surface area (Å²) in [7, 11) is 0. The first kappa shape index (κ1) is 12.0. The van der Waals surface area contributed by atoms with Crippen LogP contribution >= 0.6 is 15.9 Å². The monoisotopic (exact) mass is 263 g/mol. The van der Waals surface area contributed by atoms with E-state index in [2.05, 4.69) is 21.2 Å². The van der Waals surface area contributed by atoms with Crippen LogP contribution in [0.1, 0.15) is 32.1 Å². The highest BCUT2D eigenvalue weighted by Crippen LogP contribution is 2.16. The molecular formula is C10H18BrNO2. The van der Waals surface area contributed by atoms with Crippen molar-refractivity contribution in [1.82, 2.24) is 5.32 Å². The van der Waals surface area contributed by atoms with Gasteiger partial charge in [-0.15, -0.1) is 0 Å². The second kappa shape index (κ2) is 7.23. The van der Waals surface area contributed by atoms with Gasteiger partial charge in [-0.1, -0.05) is 15.9 Å². The highest BCUT2D eigenvalue weighted by atomic mass is 79.9. The standard InChI is InChI=1S/C10H18BrNO2/c11-6-7-12-10(13)5-4-9-3-1-2-8-14-9/h9H,1-8H2,(H,12,13). The van der Waals surface area contributed by atoms with Crippen LogP contribution in [-0.2, 0) is 9.53 Å². The molecular weight excluding hydrogens is 246 g/mol. The zero-order valence-electron chi connectivity index (χ0n) is 8.43. The Hall–Kier alpha value is -0.0900. The van der Waals surface area contributed by atoms with E-state index >= 15 is 0 Å². The molecule has 1 fully saturated rings. The van der Waals surface area contributed by atoms with Crippen molar-refractivity contribution in [3.63, 3.8) is 0 Å². The highest BCUT2D eigenvalue weighted by Gasteiger charge is 2.14. The molecule has 1 aliphatic heterocycles. The number of alkyl halides is 1. The largest absolute Gasteiger partial charge is 0.378 e. The molecule has 4 heteroatoms. The third kappa shape index (κ3) is 4.96. The van der Waals surface area contributed by atoms with Gasteiger partial charge in [-0.2, -0.15) is 0 Å². The van der Waals surface area contributed by atoms with Crippen molar-refractivity contribution < 1.29 is 9.53 Å². The average Bonchev–Trinajstić information content (AvgIpc) is 2.25. The number of rotatable bonds is 5. The van der Waals surface area contributed by atoms with E-state index in [-0.39, 0.29) is 5.91 Å². The van der Waals surface area contributed by atoms with Crippen LogP contribution < -0.4 is 5.32 Å². The lowest BCUT2D eigenvalue weighted by atomic mass is 10.0. The number of hydrogen-bond acceptors (Lipinski definition) is 2. The van der Waals surface area contributed by atoms with Gasteiger partial charge in [-0.25, -0.2) is 0 Å². The van der Waals surface area contributed by atoms with E-state index in [4.69, 9.17) is 4.74 Å². The van der Waals surface area contributed by atoms with Crippen LogP contribution in [0, 0.1) is 0 Å². The molecule has 0 aromatic rings. The molecule has 1 unspecified atom stereocenters. The van der Waals surface area contributed by atoms with Gasteiger partial charge in [-0.3, -0.25) is 4.79 Å². The number of hydrogen-bond donors (Lipinski definition) is 1. The van der Waals surface area contributed by atoms with Crippen molar-refractivity contribution in [2.24, 2.45) is 0 Å². The molecule has 3 nitrogen and oxygen atoms in total. The summed E-state index contributed by atoms with van der Waals surface area (Å²) in [5.74, 6) is 0.138. The van der Waals surface area contributed by atoms with Gasteiger partial charge < -0.3 is 10.1 Å². The van der Waals surface area contributed by atoms with E-state index in [1.54, 1.807) is 0 Å². The van der Waals surface area contributed by atoms with Gasteiger partial charge in [0.15, 0.2) is 0 Å². The molecule has 1 saturated heterocycles. The molecule has 1 aliphatic rings. The summed E-state index contributed by atoms with van der Waals surface area (Å²) in [6.07, 6.45) is 5.32. The molecule has 1 amide bonds. The normalized spacial score (nSPS) is 21.9. The first-order valence-electron chi connectivity index (χ1n) is 5.27. The van der Waals surface area contributed by atoms with Gasteiger partial charge >= 0.3 is 0 Å². The Labute approximate surface area is 93.7 Å². The Bertz CT molecular complexity index is 170. The summed E-state index contributed by atoms with van der Waals surface area (Å²) in [4.78, 5) is 11.3. The first-order valence-corrected chi connectivity index (χ1v) is 6.39. The van der Waals surface area contributed by atoms with E-state index in [1.165, 1.54) is 12.8 Å². The highest BCUT2D eigenvalue weighted by molar-refractivity contribution is 9.09. The van der Waals surface area contributed by atoms with Gasteiger partial charge in [0.05, 0.1) is 6.10 Å². The molecule has 0 spiro atoms. The Morgan fingerprint density at radius 1 is 1.50 bits per heavy atom. The zero-order chi connectivity index (χ0) is 10.2. The van der Waals surface area contributed by atoms with Crippen LogP contribution in [0.2, 0.25) is 0 Å². The van der Waals surface area contributed by atoms with Gasteiger partial charge in [0, 0.05) is 24.9 Å². The average molecular weight is 264 g/mol. The van der Waals surface area contributed by atoms with Crippen LogP contribution in [0.25, 0.3) is 0 Å². The summed E-state index contributed by atoms with van der Waals surface area (Å²) in [6, 6.07) is 0. The van der Waals surface area contributed by atoms with Crippen molar-refractivity contribution >= 4 is 21.8 Å². The predicted molar refractivity (Wildman–Crippen MR) is 59.6 cm³/mol. The van der Waals surface area contributed by atoms with Gasteiger partial charge in [0.25, 0.3) is 0 Å². The van der Waals surface area contributed by atoms with Crippen molar-refractivity contribution in [3.05, 3.63) is 0 Å². The second-order valence-electron chi connectivity index (χ2n) is 3.57. The van der Waals surface area contributed by atoms with Crippen LogP contribution in [0.15, 0.2) is 0 Å². The summed E-state index contributed by atoms with van der Waals surface area (Å²) in [6.45, 7) is 1.58. The Morgan fingerprint density at radius 2 is 2.36 bits per heavy atom. The number of carbonyl (C=O) groups is 1. The summed E-state index contributed by atoms with van der Waals surface area (Å²) >= 11 is 3.27. The van der Waals surface area contributed by atoms with Crippen LogP contribution in [0.5, 0.6) is 0 Å². The smallest absolute Gasteiger partial charge is 0.220 e. The fraction of sp³-hybridized carbons (Fsp3) is 0.900. The minimum Gasteiger partial charge on any atom is -0.378 e. The molecule has 14 heavy (non-hydrogen) atoms. The summed E-state index contributed by atoms with van der Waals surface area (Å²) in [5.41, 5.74) is 0. The van der Waals surface area contributed by atoms with Crippen LogP contribution in [-0.4, -0.2) is 30.5 Å². The molecule has 0 radical (unpaired) electrons. The van der Waals surface area contributed by atoms with E-state index < -0.39 is 0 Å². The SMILES string of the molecule is O=C(CCC1CCCCO1)NCCBr. The zero-order valence-corrected chi connectivity index (χ0v) is 10.0. The summed E-state index contributed by atoms with van der Waals surface area (Å²) in [5, 5.41) is 3.65. The van der Waals surface area contributed by atoms with Gasteiger partial charge in [-0.05, 0) is 25.7 Å². The van der Waals surface area contributed by atoms with Gasteiger partial charge in [0.2, 0.25) is 5.91 Å². The van der Waals surface area contributed by atoms with Crippen molar-refractivity contribution in [1.29, 1.82) is 0 Å². The number of halogens is 1. The van der Waals surface area contributed by atoms with Crippen molar-refractivity contribution in [2.75, 3.05) is 18.5 Å². The van der Waals surface area contributed by atoms with Crippen molar-refractivity contribution in [2.45, 2.75) is 38.2 Å². The van der Waals surface area contributed by atoms with E-state index in [1.807, 2.05) is 0 Å². The first-order chi connectivity index (χ1) is 6.83. The molecule has 0 aromatic heterocycles. The lowest BCUT2D eigenvalue weighted by molar-refractivity contribution is -0.122. The maximum Gasteiger partial charge on any atom is 0.220 e. The lowest BCUT2D eigenvalue weighted by Crippen LogP contribution is -2.27. The molecule has 1 N–H and O–H groups in total. The fourth-order valence-corrected chi connectivity index (χ4v) is 1.80. The third-order valence-electron chi connectivity index (χ3n) is 2.38. The second-order valence-corrected chi connectivity index (χ2v) is 4.36. The molecule has 1 rings (SSSR count). The van der Waals surface area contributed by atoms with E-state index in [0.717, 1.165) is 24.8 Å². The van der Waals surface area contributed by atoms with Gasteiger partial charge in [0.1, 0.15) is 0 Å². The number of ether oxygens (including phenoxy) is 1. The molecule has 0 aliphatic carbocycles. The van der Waals surface area contributed by atoms with E-state index in [0.29, 0.717) is 19.1 Å².